The Labute approximate surface area is 61.1 Å². The van der Waals surface area contributed by atoms with Gasteiger partial charge in [-0.1, -0.05) is 30.3 Å². The van der Waals surface area contributed by atoms with Gasteiger partial charge in [0, 0.05) is 6.42 Å². The summed E-state index contributed by atoms with van der Waals surface area (Å²) in [5.41, 5.74) is 1.47. The Morgan fingerprint density at radius 1 is 1.30 bits per heavy atom. The van der Waals surface area contributed by atoms with E-state index in [9.17, 15) is 0 Å². The van der Waals surface area contributed by atoms with E-state index in [-0.39, 0.29) is 0 Å². The van der Waals surface area contributed by atoms with Gasteiger partial charge in [-0.25, -0.2) is 0 Å². The first-order valence-electron chi connectivity index (χ1n) is 3.82. The van der Waals surface area contributed by atoms with Crippen molar-refractivity contribution in [3.05, 3.63) is 35.9 Å². The quantitative estimate of drug-likeness (QED) is 0.555. The highest BCUT2D eigenvalue weighted by Crippen LogP contribution is 2.02. The van der Waals surface area contributed by atoms with Crippen molar-refractivity contribution < 1.29 is 5.32 Å². The summed E-state index contributed by atoms with van der Waals surface area (Å²) in [6, 6.07) is 11.6. The monoisotopic (exact) mass is 134 g/mol. The van der Waals surface area contributed by atoms with Crippen molar-refractivity contribution in [1.82, 2.24) is 0 Å². The lowest BCUT2D eigenvalue weighted by molar-refractivity contribution is -0.496. The van der Waals surface area contributed by atoms with Crippen molar-refractivity contribution in [2.24, 2.45) is 0 Å². The van der Waals surface area contributed by atoms with E-state index in [2.05, 4.69) is 35.6 Å². The van der Waals surface area contributed by atoms with Gasteiger partial charge in [0.15, 0.2) is 0 Å². The highest BCUT2D eigenvalue weighted by molar-refractivity contribution is 5.15. The number of rotatable bonds is 2. The van der Waals surface area contributed by atoms with Crippen LogP contribution in [0.25, 0.3) is 0 Å². The largest absolute Gasteiger partial charge is 0.334 e. The molecule has 0 unspecified atom stereocenters. The first-order valence-corrected chi connectivity index (χ1v) is 3.82. The van der Waals surface area contributed by atoms with Gasteiger partial charge in [-0.3, -0.25) is 0 Å². The minimum absolute atomic E-state index is 0.891. The van der Waals surface area contributed by atoms with E-state index in [4.69, 9.17) is 0 Å². The van der Waals surface area contributed by atoms with Gasteiger partial charge in [-0.15, -0.1) is 0 Å². The van der Waals surface area contributed by atoms with Crippen molar-refractivity contribution in [3.63, 3.8) is 0 Å². The van der Waals surface area contributed by atoms with Crippen LogP contribution >= 0.6 is 0 Å². The maximum absolute atomic E-state index is 2.37. The van der Waals surface area contributed by atoms with Gasteiger partial charge < -0.3 is 5.32 Å². The Balaban J connectivity index is 2.03. The SMILES string of the molecule is c1ccc(C[C@H]2C[NH2+]2)cc1. The van der Waals surface area contributed by atoms with Crippen LogP contribution in [0.3, 0.4) is 0 Å². The summed E-state index contributed by atoms with van der Waals surface area (Å²) in [6.07, 6.45) is 1.25. The summed E-state index contributed by atoms with van der Waals surface area (Å²) in [6.45, 7) is 1.33. The number of hydrogen-bond acceptors (Lipinski definition) is 0. The number of benzene rings is 1. The summed E-state index contributed by atoms with van der Waals surface area (Å²) in [5, 5.41) is 2.37. The minimum atomic E-state index is 0.891. The van der Waals surface area contributed by atoms with Crippen LogP contribution in [-0.2, 0) is 6.42 Å². The molecule has 1 aliphatic rings. The normalized spacial score (nSPS) is 22.6. The molecule has 1 heterocycles. The molecule has 10 heavy (non-hydrogen) atoms. The third-order valence-corrected chi connectivity index (χ3v) is 1.91. The topological polar surface area (TPSA) is 16.6 Å². The molecule has 0 saturated carbocycles. The predicted molar refractivity (Wildman–Crippen MR) is 40.7 cm³/mol. The van der Waals surface area contributed by atoms with Crippen molar-refractivity contribution >= 4 is 0 Å². The molecule has 0 bridgehead atoms. The molecule has 1 aromatic rings. The molecule has 52 valence electrons. The maximum Gasteiger partial charge on any atom is 0.140 e. The van der Waals surface area contributed by atoms with Crippen molar-refractivity contribution in [1.29, 1.82) is 0 Å². The van der Waals surface area contributed by atoms with Crippen molar-refractivity contribution in [2.45, 2.75) is 12.5 Å². The Kier molecular flexibility index (Phi) is 1.44. The average molecular weight is 134 g/mol. The summed E-state index contributed by atoms with van der Waals surface area (Å²) in [4.78, 5) is 0. The standard InChI is InChI=1S/C9H11N/c1-2-4-8(5-3-1)6-9-7-10-9/h1-5,9-10H,6-7H2/p+1/t9-/m0/s1. The van der Waals surface area contributed by atoms with E-state index in [0.29, 0.717) is 0 Å². The van der Waals surface area contributed by atoms with Gasteiger partial charge in [0.2, 0.25) is 0 Å². The first-order chi connectivity index (χ1) is 4.95. The number of nitrogens with two attached hydrogens (primary N) is 1. The summed E-state index contributed by atoms with van der Waals surface area (Å²) in [5.74, 6) is 0. The third-order valence-electron chi connectivity index (χ3n) is 1.91. The second-order valence-electron chi connectivity index (χ2n) is 2.92. The molecule has 2 N–H and O–H groups in total. The van der Waals surface area contributed by atoms with Crippen molar-refractivity contribution in [2.75, 3.05) is 6.54 Å². The van der Waals surface area contributed by atoms with E-state index < -0.39 is 0 Å². The van der Waals surface area contributed by atoms with Gasteiger partial charge >= 0.3 is 0 Å². The highest BCUT2D eigenvalue weighted by atomic mass is 15.1. The van der Waals surface area contributed by atoms with E-state index in [1.807, 2.05) is 0 Å². The molecule has 0 amide bonds. The zero-order valence-corrected chi connectivity index (χ0v) is 5.96. The van der Waals surface area contributed by atoms with Crippen LogP contribution in [0.2, 0.25) is 0 Å². The number of hydrogen-bond donors (Lipinski definition) is 1. The van der Waals surface area contributed by atoms with E-state index in [1.165, 1.54) is 18.5 Å². The van der Waals surface area contributed by atoms with Crippen LogP contribution in [0, 0.1) is 0 Å². The zero-order valence-electron chi connectivity index (χ0n) is 5.96. The van der Waals surface area contributed by atoms with Gasteiger partial charge in [-0.05, 0) is 5.56 Å². The summed E-state index contributed by atoms with van der Waals surface area (Å²) < 4.78 is 0. The molecule has 1 aliphatic heterocycles. The molecule has 1 heteroatoms. The molecule has 0 aliphatic carbocycles. The summed E-state index contributed by atoms with van der Waals surface area (Å²) >= 11 is 0. The summed E-state index contributed by atoms with van der Waals surface area (Å²) in [7, 11) is 0. The van der Waals surface area contributed by atoms with Crippen LogP contribution in [0.15, 0.2) is 30.3 Å². The van der Waals surface area contributed by atoms with Gasteiger partial charge in [0.05, 0.1) is 0 Å². The molecule has 1 nitrogen and oxygen atoms in total. The third kappa shape index (κ3) is 1.36. The molecule has 1 aromatic carbocycles. The minimum Gasteiger partial charge on any atom is -0.334 e. The molecule has 0 aromatic heterocycles. The molecule has 0 spiro atoms. The fourth-order valence-electron chi connectivity index (χ4n) is 1.18. The molecular weight excluding hydrogens is 122 g/mol. The molecule has 1 atom stereocenters. The first kappa shape index (κ1) is 5.93. The second kappa shape index (κ2) is 2.43. The van der Waals surface area contributed by atoms with Crippen LogP contribution in [-0.4, -0.2) is 12.6 Å². The lowest BCUT2D eigenvalue weighted by atomic mass is 10.1. The molecular formula is C9H12N+. The Hall–Kier alpha value is -0.820. The van der Waals surface area contributed by atoms with Crippen LogP contribution < -0.4 is 5.32 Å². The maximum atomic E-state index is 2.37. The average Bonchev–Trinajstić information content (AvgIpc) is 2.74. The van der Waals surface area contributed by atoms with Crippen molar-refractivity contribution in [3.8, 4) is 0 Å². The van der Waals surface area contributed by atoms with Crippen LogP contribution in [0.4, 0.5) is 0 Å². The Bertz CT molecular complexity index is 201. The molecule has 1 saturated heterocycles. The molecule has 0 radical (unpaired) electrons. The lowest BCUT2D eigenvalue weighted by Gasteiger charge is -1.92. The zero-order chi connectivity index (χ0) is 6.81. The number of quaternary nitrogens is 1. The van der Waals surface area contributed by atoms with E-state index in [0.717, 1.165) is 6.04 Å². The predicted octanol–water partition coefficient (Wildman–Crippen LogP) is 0.175. The smallest absolute Gasteiger partial charge is 0.140 e. The Morgan fingerprint density at radius 2 is 2.00 bits per heavy atom. The van der Waals surface area contributed by atoms with Crippen LogP contribution in [0.5, 0.6) is 0 Å². The fourth-order valence-corrected chi connectivity index (χ4v) is 1.18. The Morgan fingerprint density at radius 3 is 2.60 bits per heavy atom. The lowest BCUT2D eigenvalue weighted by Crippen LogP contribution is -2.59. The van der Waals surface area contributed by atoms with Crippen LogP contribution in [0.1, 0.15) is 5.56 Å². The van der Waals surface area contributed by atoms with Gasteiger partial charge in [0.25, 0.3) is 0 Å². The van der Waals surface area contributed by atoms with Gasteiger partial charge in [-0.2, -0.15) is 0 Å². The van der Waals surface area contributed by atoms with E-state index in [1.54, 1.807) is 0 Å². The second-order valence-corrected chi connectivity index (χ2v) is 2.92. The highest BCUT2D eigenvalue weighted by Gasteiger charge is 2.26. The van der Waals surface area contributed by atoms with Gasteiger partial charge in [0.1, 0.15) is 12.6 Å². The van der Waals surface area contributed by atoms with E-state index >= 15 is 0 Å². The fraction of sp³-hybridized carbons (Fsp3) is 0.333. The molecule has 2 rings (SSSR count). The molecule has 1 fully saturated rings.